The second-order valence-corrected chi connectivity index (χ2v) is 6.93. The number of esters is 1. The summed E-state index contributed by atoms with van der Waals surface area (Å²) in [5.41, 5.74) is 4.30. The highest BCUT2D eigenvalue weighted by Gasteiger charge is 2.10. The Balaban J connectivity index is 1.36. The maximum Gasteiger partial charge on any atom is 0.315 e. The van der Waals surface area contributed by atoms with E-state index in [0.29, 0.717) is 16.9 Å². The van der Waals surface area contributed by atoms with Crippen LogP contribution in [0.4, 0.5) is 0 Å². The van der Waals surface area contributed by atoms with Gasteiger partial charge in [-0.3, -0.25) is 9.59 Å². The van der Waals surface area contributed by atoms with E-state index in [9.17, 15) is 9.59 Å². The van der Waals surface area contributed by atoms with Crippen LogP contribution in [-0.4, -0.2) is 11.8 Å². The van der Waals surface area contributed by atoms with E-state index in [4.69, 9.17) is 4.74 Å². The van der Waals surface area contributed by atoms with Gasteiger partial charge in [-0.15, -0.1) is 0 Å². The molecule has 0 N–H and O–H groups in total. The molecule has 4 aromatic rings. The predicted octanol–water partition coefficient (Wildman–Crippen LogP) is 5.73. The van der Waals surface area contributed by atoms with Crippen molar-refractivity contribution in [2.45, 2.75) is 6.42 Å². The molecule has 3 nitrogen and oxygen atoms in total. The van der Waals surface area contributed by atoms with Crippen LogP contribution in [0.1, 0.15) is 21.5 Å². The topological polar surface area (TPSA) is 43.4 Å². The van der Waals surface area contributed by atoms with E-state index in [2.05, 4.69) is 12.1 Å². The number of hydrogen-bond donors (Lipinski definition) is 0. The first-order valence-corrected chi connectivity index (χ1v) is 9.74. The molecule has 4 aromatic carbocycles. The van der Waals surface area contributed by atoms with Crippen molar-refractivity contribution < 1.29 is 14.3 Å². The molecule has 0 heterocycles. The molecule has 0 amide bonds. The Morgan fingerprint density at radius 1 is 0.567 bits per heavy atom. The molecule has 30 heavy (non-hydrogen) atoms. The molecule has 0 atom stereocenters. The van der Waals surface area contributed by atoms with E-state index < -0.39 is 0 Å². The summed E-state index contributed by atoms with van der Waals surface area (Å²) in [5, 5.41) is 0. The zero-order chi connectivity index (χ0) is 20.8. The highest BCUT2D eigenvalue weighted by atomic mass is 16.5. The maximum atomic E-state index is 12.4. The van der Waals surface area contributed by atoms with Crippen LogP contribution in [0.3, 0.4) is 0 Å². The Kier molecular flexibility index (Phi) is 5.81. The first kappa shape index (κ1) is 19.3. The van der Waals surface area contributed by atoms with Gasteiger partial charge in [0.25, 0.3) is 0 Å². The van der Waals surface area contributed by atoms with Gasteiger partial charge in [-0.2, -0.15) is 0 Å². The minimum Gasteiger partial charge on any atom is -0.426 e. The normalized spacial score (nSPS) is 10.4. The summed E-state index contributed by atoms with van der Waals surface area (Å²) >= 11 is 0. The summed E-state index contributed by atoms with van der Waals surface area (Å²) in [6, 6.07) is 33.7. The van der Waals surface area contributed by atoms with Crippen molar-refractivity contribution in [1.29, 1.82) is 0 Å². The van der Waals surface area contributed by atoms with E-state index in [1.807, 2.05) is 60.7 Å². The van der Waals surface area contributed by atoms with Crippen molar-refractivity contribution in [2.24, 2.45) is 0 Å². The maximum absolute atomic E-state index is 12.4. The van der Waals surface area contributed by atoms with Gasteiger partial charge < -0.3 is 4.74 Å². The lowest BCUT2D eigenvalue weighted by Gasteiger charge is -2.07. The highest BCUT2D eigenvalue weighted by molar-refractivity contribution is 6.09. The highest BCUT2D eigenvalue weighted by Crippen LogP contribution is 2.20. The summed E-state index contributed by atoms with van der Waals surface area (Å²) in [4.78, 5) is 24.7. The molecule has 0 saturated heterocycles. The number of benzene rings is 4. The number of ketones is 1. The zero-order valence-electron chi connectivity index (χ0n) is 16.3. The van der Waals surface area contributed by atoms with Crippen LogP contribution < -0.4 is 4.74 Å². The van der Waals surface area contributed by atoms with Crippen molar-refractivity contribution in [2.75, 3.05) is 0 Å². The third-order valence-electron chi connectivity index (χ3n) is 4.79. The second-order valence-electron chi connectivity index (χ2n) is 6.93. The van der Waals surface area contributed by atoms with Gasteiger partial charge in [-0.1, -0.05) is 84.9 Å². The average molecular weight is 392 g/mol. The quantitative estimate of drug-likeness (QED) is 0.239. The Hall–Kier alpha value is -3.98. The lowest BCUT2D eigenvalue weighted by molar-refractivity contribution is -0.133. The molecule has 0 bridgehead atoms. The van der Waals surface area contributed by atoms with Crippen molar-refractivity contribution >= 4 is 11.8 Å². The van der Waals surface area contributed by atoms with Crippen LogP contribution in [-0.2, 0) is 11.2 Å². The van der Waals surface area contributed by atoms with E-state index >= 15 is 0 Å². The molecule has 146 valence electrons. The molecule has 0 radical (unpaired) electrons. The Morgan fingerprint density at radius 3 is 1.73 bits per heavy atom. The number of hydrogen-bond acceptors (Lipinski definition) is 3. The molecule has 0 fully saturated rings. The minimum absolute atomic E-state index is 0.0630. The summed E-state index contributed by atoms with van der Waals surface area (Å²) in [6.07, 6.45) is 0.180. The first-order chi connectivity index (χ1) is 14.7. The lowest BCUT2D eigenvalue weighted by atomic mass is 10.0. The van der Waals surface area contributed by atoms with Gasteiger partial charge in [0.1, 0.15) is 5.75 Å². The van der Waals surface area contributed by atoms with Gasteiger partial charge in [0.2, 0.25) is 0 Å². The fourth-order valence-electron chi connectivity index (χ4n) is 3.21. The first-order valence-electron chi connectivity index (χ1n) is 9.74. The third-order valence-corrected chi connectivity index (χ3v) is 4.79. The number of rotatable bonds is 6. The van der Waals surface area contributed by atoms with Gasteiger partial charge in [-0.25, -0.2) is 0 Å². The molecule has 0 spiro atoms. The monoisotopic (exact) mass is 392 g/mol. The van der Waals surface area contributed by atoms with Crippen LogP contribution in [0.25, 0.3) is 11.1 Å². The van der Waals surface area contributed by atoms with Crippen LogP contribution >= 0.6 is 0 Å². The van der Waals surface area contributed by atoms with Crippen molar-refractivity contribution in [3.63, 3.8) is 0 Å². The van der Waals surface area contributed by atoms with Gasteiger partial charge in [0.15, 0.2) is 5.78 Å². The third kappa shape index (κ3) is 4.70. The number of carbonyl (C=O) groups excluding carboxylic acids is 2. The van der Waals surface area contributed by atoms with Crippen molar-refractivity contribution in [1.82, 2.24) is 0 Å². The molecule has 0 saturated carbocycles. The molecule has 4 rings (SSSR count). The van der Waals surface area contributed by atoms with Crippen LogP contribution in [0.5, 0.6) is 5.75 Å². The summed E-state index contributed by atoms with van der Waals surface area (Å²) in [6.45, 7) is 0. The van der Waals surface area contributed by atoms with Gasteiger partial charge >= 0.3 is 5.97 Å². The summed E-state index contributed by atoms with van der Waals surface area (Å²) < 4.78 is 5.42. The fourth-order valence-corrected chi connectivity index (χ4v) is 3.21. The van der Waals surface area contributed by atoms with Crippen molar-refractivity contribution in [3.8, 4) is 16.9 Å². The minimum atomic E-state index is -0.343. The fraction of sp³-hybridized carbons (Fsp3) is 0.0370. The molecular formula is C27H20O3. The number of ether oxygens (including phenoxy) is 1. The largest absolute Gasteiger partial charge is 0.426 e. The molecule has 0 unspecified atom stereocenters. The zero-order valence-corrected chi connectivity index (χ0v) is 16.3. The predicted molar refractivity (Wildman–Crippen MR) is 118 cm³/mol. The standard InChI is InChI=1S/C27H20O3/c28-26(19-20-11-13-22(14-12-20)21-7-3-1-4-8-21)30-25-17-15-24(16-18-25)27(29)23-9-5-2-6-10-23/h1-18H,19H2. The number of carbonyl (C=O) groups is 2. The summed E-state index contributed by atoms with van der Waals surface area (Å²) in [5.74, 6) is 0.0158. The van der Waals surface area contributed by atoms with E-state index in [1.54, 1.807) is 36.4 Å². The molecule has 0 aliphatic rings. The second kappa shape index (κ2) is 9.01. The van der Waals surface area contributed by atoms with E-state index in [0.717, 1.165) is 16.7 Å². The SMILES string of the molecule is O=C(Cc1ccc(-c2ccccc2)cc1)Oc1ccc(C(=O)c2ccccc2)cc1. The lowest BCUT2D eigenvalue weighted by Crippen LogP contribution is -2.11. The molecule has 0 aliphatic heterocycles. The molecule has 3 heteroatoms. The molecular weight excluding hydrogens is 372 g/mol. The summed E-state index contributed by atoms with van der Waals surface area (Å²) in [7, 11) is 0. The van der Waals surface area contributed by atoms with Crippen LogP contribution in [0.2, 0.25) is 0 Å². The van der Waals surface area contributed by atoms with Crippen LogP contribution in [0.15, 0.2) is 109 Å². The Bertz CT molecular complexity index is 1130. The van der Waals surface area contributed by atoms with E-state index in [1.165, 1.54) is 0 Å². The van der Waals surface area contributed by atoms with E-state index in [-0.39, 0.29) is 18.2 Å². The van der Waals surface area contributed by atoms with Crippen molar-refractivity contribution in [3.05, 3.63) is 126 Å². The van der Waals surface area contributed by atoms with Gasteiger partial charge in [-0.05, 0) is 41.0 Å². The molecule has 0 aliphatic carbocycles. The average Bonchev–Trinajstić information content (AvgIpc) is 2.81. The van der Waals surface area contributed by atoms with Gasteiger partial charge in [0, 0.05) is 11.1 Å². The Labute approximate surface area is 175 Å². The molecule has 0 aromatic heterocycles. The van der Waals surface area contributed by atoms with Crippen LogP contribution in [0, 0.1) is 0 Å². The Morgan fingerprint density at radius 2 is 1.10 bits per heavy atom. The smallest absolute Gasteiger partial charge is 0.315 e. The van der Waals surface area contributed by atoms with Gasteiger partial charge in [0.05, 0.1) is 6.42 Å².